The molecule has 1 N–H and O–H groups in total. The van der Waals surface area contributed by atoms with E-state index in [1.165, 1.54) is 12.8 Å². The van der Waals surface area contributed by atoms with Gasteiger partial charge in [-0.15, -0.1) is 12.4 Å². The van der Waals surface area contributed by atoms with Crippen LogP contribution in [0.25, 0.3) is 0 Å². The molecular weight excluding hydrogens is 304 g/mol. The van der Waals surface area contributed by atoms with Crippen molar-refractivity contribution in [2.75, 3.05) is 19.6 Å². The fourth-order valence-corrected chi connectivity index (χ4v) is 3.53. The molecule has 1 atom stereocenters. The number of nitrogens with zero attached hydrogens (tertiary/aromatic N) is 2. The summed E-state index contributed by atoms with van der Waals surface area (Å²) in [6, 6.07) is 0.867. The van der Waals surface area contributed by atoms with Crippen LogP contribution in [0, 0.1) is 11.8 Å². The second-order valence-electron chi connectivity index (χ2n) is 7.00. The van der Waals surface area contributed by atoms with E-state index < -0.39 is 5.97 Å². The zero-order valence-electron chi connectivity index (χ0n) is 13.2. The fraction of sp³-hybridized carbons (Fsp3) is 0.875. The third-order valence-electron chi connectivity index (χ3n) is 5.27. The van der Waals surface area contributed by atoms with Crippen molar-refractivity contribution in [1.82, 2.24) is 9.80 Å². The zero-order valence-corrected chi connectivity index (χ0v) is 14.1. The molecule has 5 nitrogen and oxygen atoms in total. The minimum Gasteiger partial charge on any atom is -0.481 e. The van der Waals surface area contributed by atoms with Crippen LogP contribution in [-0.4, -0.2) is 58.5 Å². The Morgan fingerprint density at radius 2 is 1.73 bits per heavy atom. The van der Waals surface area contributed by atoms with Crippen LogP contribution in [0.15, 0.2) is 0 Å². The summed E-state index contributed by atoms with van der Waals surface area (Å²) in [5.41, 5.74) is 0. The fourth-order valence-electron chi connectivity index (χ4n) is 3.53. The number of aliphatic carboxylic acids is 1. The van der Waals surface area contributed by atoms with Gasteiger partial charge in [-0.05, 0) is 64.5 Å². The van der Waals surface area contributed by atoms with Crippen LogP contribution in [0.3, 0.4) is 0 Å². The van der Waals surface area contributed by atoms with Crippen LogP contribution < -0.4 is 0 Å². The lowest BCUT2D eigenvalue weighted by molar-refractivity contribution is -0.143. The number of carbonyl (C=O) groups excluding carboxylic acids is 1. The van der Waals surface area contributed by atoms with Gasteiger partial charge in [0.15, 0.2) is 0 Å². The van der Waals surface area contributed by atoms with Gasteiger partial charge in [0.1, 0.15) is 0 Å². The van der Waals surface area contributed by atoms with Gasteiger partial charge in [-0.3, -0.25) is 14.5 Å². The first-order chi connectivity index (χ1) is 10.1. The highest BCUT2D eigenvalue weighted by Gasteiger charge is 2.42. The molecule has 1 aliphatic heterocycles. The van der Waals surface area contributed by atoms with E-state index in [4.69, 9.17) is 5.11 Å². The molecule has 126 valence electrons. The smallest absolute Gasteiger partial charge is 0.306 e. The van der Waals surface area contributed by atoms with Crippen LogP contribution in [0.5, 0.6) is 0 Å². The number of hydrogen-bond donors (Lipinski definition) is 1. The summed E-state index contributed by atoms with van der Waals surface area (Å²) < 4.78 is 0. The minimum absolute atomic E-state index is 0. The van der Waals surface area contributed by atoms with Gasteiger partial charge in [-0.25, -0.2) is 0 Å². The monoisotopic (exact) mass is 330 g/mol. The number of amides is 1. The van der Waals surface area contributed by atoms with Gasteiger partial charge in [-0.1, -0.05) is 0 Å². The first-order valence-electron chi connectivity index (χ1n) is 8.32. The summed E-state index contributed by atoms with van der Waals surface area (Å²) in [6.45, 7) is 4.14. The second kappa shape index (κ2) is 7.18. The Morgan fingerprint density at radius 3 is 2.18 bits per heavy atom. The number of likely N-dealkylation sites (tertiary alicyclic amines) is 1. The third-order valence-corrected chi connectivity index (χ3v) is 5.27. The Labute approximate surface area is 138 Å². The SMILES string of the molecule is CC(C1CC1)N(C(=O)CN1CCC(C(=O)O)CC1)C1CC1.Cl. The van der Waals surface area contributed by atoms with Crippen LogP contribution in [-0.2, 0) is 9.59 Å². The van der Waals surface area contributed by atoms with Gasteiger partial charge >= 0.3 is 5.97 Å². The second-order valence-corrected chi connectivity index (χ2v) is 7.00. The maximum Gasteiger partial charge on any atom is 0.306 e. The van der Waals surface area contributed by atoms with E-state index in [0.29, 0.717) is 37.4 Å². The topological polar surface area (TPSA) is 60.9 Å². The average molecular weight is 331 g/mol. The lowest BCUT2D eigenvalue weighted by atomic mass is 9.97. The van der Waals surface area contributed by atoms with Gasteiger partial charge in [0.05, 0.1) is 12.5 Å². The first kappa shape index (κ1) is 17.5. The third kappa shape index (κ3) is 4.13. The van der Waals surface area contributed by atoms with Crippen LogP contribution in [0.1, 0.15) is 45.4 Å². The van der Waals surface area contributed by atoms with Crippen molar-refractivity contribution in [1.29, 1.82) is 0 Å². The van der Waals surface area contributed by atoms with Crippen molar-refractivity contribution in [2.45, 2.75) is 57.5 Å². The first-order valence-corrected chi connectivity index (χ1v) is 8.32. The van der Waals surface area contributed by atoms with E-state index in [2.05, 4.69) is 16.7 Å². The predicted molar refractivity (Wildman–Crippen MR) is 86.1 cm³/mol. The molecule has 0 spiro atoms. The molecule has 0 radical (unpaired) electrons. The van der Waals surface area contributed by atoms with Crippen molar-refractivity contribution in [2.24, 2.45) is 11.8 Å². The summed E-state index contributed by atoms with van der Waals surface area (Å²) in [5, 5.41) is 9.02. The van der Waals surface area contributed by atoms with Gasteiger partial charge in [0.25, 0.3) is 0 Å². The van der Waals surface area contributed by atoms with Crippen LogP contribution >= 0.6 is 12.4 Å². The number of piperidine rings is 1. The number of rotatable bonds is 6. The van der Waals surface area contributed by atoms with E-state index in [1.54, 1.807) is 0 Å². The minimum atomic E-state index is -0.692. The summed E-state index contributed by atoms with van der Waals surface area (Å²) in [5.74, 6) is 0.0576. The number of hydrogen-bond acceptors (Lipinski definition) is 3. The molecule has 0 aromatic rings. The van der Waals surface area contributed by atoms with Crippen molar-refractivity contribution >= 4 is 24.3 Å². The molecule has 1 amide bonds. The molecule has 1 unspecified atom stereocenters. The summed E-state index contributed by atoms with van der Waals surface area (Å²) in [6.07, 6.45) is 6.19. The van der Waals surface area contributed by atoms with E-state index in [-0.39, 0.29) is 24.2 Å². The number of carboxylic acid groups (broad SMARTS) is 1. The van der Waals surface area contributed by atoms with E-state index in [1.807, 2.05) is 0 Å². The molecule has 3 fully saturated rings. The molecule has 3 aliphatic rings. The lowest BCUT2D eigenvalue weighted by Gasteiger charge is -2.34. The van der Waals surface area contributed by atoms with Gasteiger partial charge < -0.3 is 10.0 Å². The molecule has 3 rings (SSSR count). The maximum absolute atomic E-state index is 12.6. The van der Waals surface area contributed by atoms with E-state index in [9.17, 15) is 9.59 Å². The molecule has 0 aromatic carbocycles. The molecule has 0 aromatic heterocycles. The largest absolute Gasteiger partial charge is 0.481 e. The van der Waals surface area contributed by atoms with Crippen molar-refractivity contribution in [3.63, 3.8) is 0 Å². The summed E-state index contributed by atoms with van der Waals surface area (Å²) in [7, 11) is 0. The van der Waals surface area contributed by atoms with Crippen molar-refractivity contribution in [3.8, 4) is 0 Å². The molecule has 2 aliphatic carbocycles. The summed E-state index contributed by atoms with van der Waals surface area (Å²) >= 11 is 0. The molecule has 22 heavy (non-hydrogen) atoms. The van der Waals surface area contributed by atoms with Crippen LogP contribution in [0.2, 0.25) is 0 Å². The van der Waals surface area contributed by atoms with Gasteiger partial charge in [0, 0.05) is 12.1 Å². The Kier molecular flexibility index (Phi) is 5.72. The molecular formula is C16H27ClN2O3. The standard InChI is InChI=1S/C16H26N2O3.ClH/c1-11(12-2-3-12)18(14-4-5-14)15(19)10-17-8-6-13(7-9-17)16(20)21;/h11-14H,2-10H2,1H3,(H,20,21);1H. The van der Waals surface area contributed by atoms with Crippen LogP contribution in [0.4, 0.5) is 0 Å². The molecule has 1 saturated heterocycles. The van der Waals surface area contributed by atoms with Gasteiger partial charge in [-0.2, -0.15) is 0 Å². The highest BCUT2D eigenvalue weighted by atomic mass is 35.5. The highest BCUT2D eigenvalue weighted by Crippen LogP contribution is 2.39. The Balaban J connectivity index is 0.00000176. The van der Waals surface area contributed by atoms with Crippen molar-refractivity contribution < 1.29 is 14.7 Å². The predicted octanol–water partition coefficient (Wildman–Crippen LogP) is 1.99. The summed E-state index contributed by atoms with van der Waals surface area (Å²) in [4.78, 5) is 27.9. The van der Waals surface area contributed by atoms with Gasteiger partial charge in [0.2, 0.25) is 5.91 Å². The Bertz CT molecular complexity index is 416. The lowest BCUT2D eigenvalue weighted by Crippen LogP contribution is -2.48. The van der Waals surface area contributed by atoms with Crippen molar-refractivity contribution in [3.05, 3.63) is 0 Å². The molecule has 0 bridgehead atoms. The van der Waals surface area contributed by atoms with E-state index in [0.717, 1.165) is 25.9 Å². The molecule has 1 heterocycles. The number of carbonyl (C=O) groups is 2. The number of halogens is 1. The normalized spacial score (nSPS) is 24.4. The van der Waals surface area contributed by atoms with E-state index >= 15 is 0 Å². The maximum atomic E-state index is 12.6. The highest BCUT2D eigenvalue weighted by molar-refractivity contribution is 5.85. The zero-order chi connectivity index (χ0) is 15.0. The Hall–Kier alpha value is -0.810. The quantitative estimate of drug-likeness (QED) is 0.809. The molecule has 6 heteroatoms. The average Bonchev–Trinajstić information content (AvgIpc) is 3.32. The Morgan fingerprint density at radius 1 is 1.14 bits per heavy atom. The number of carboxylic acids is 1. The molecule has 2 saturated carbocycles.